The van der Waals surface area contributed by atoms with Crippen LogP contribution in [0, 0.1) is 0 Å². The minimum Gasteiger partial charge on any atom is -0.507 e. The maximum absolute atomic E-state index is 12.2. The monoisotopic (exact) mass is 387 g/mol. The Hall–Kier alpha value is -1.76. The number of benzene rings is 1. The normalized spacial score (nSPS) is 12.4. The van der Waals surface area contributed by atoms with E-state index in [-0.39, 0.29) is 12.2 Å². The average molecular weight is 388 g/mol. The summed E-state index contributed by atoms with van der Waals surface area (Å²) in [6.45, 7) is 5.26. The summed E-state index contributed by atoms with van der Waals surface area (Å²) in [5.74, 6) is -0.438. The van der Waals surface area contributed by atoms with E-state index in [4.69, 9.17) is 9.47 Å². The number of likely N-dealkylation sites (N-methyl/N-ethyl adjacent to an activating group) is 1. The Labute approximate surface area is 144 Å². The predicted octanol–water partition coefficient (Wildman–Crippen LogP) is 3.11. The molecular weight excluding hydrogens is 366 g/mol. The Bertz CT molecular complexity index is 582. The minimum absolute atomic E-state index is 0.101. The van der Waals surface area contributed by atoms with Crippen molar-refractivity contribution in [2.24, 2.45) is 0 Å². The standard InChI is InChI=1S/C16H22BrNO5/c1-16(2,3)23-15(21)18(4)12(14(20)22-5)9-10-6-7-13(19)11(17)8-10/h6-8,12,19H,9H2,1-5H3/t12-/m0/s1. The van der Waals surface area contributed by atoms with Gasteiger partial charge in [0.1, 0.15) is 17.4 Å². The maximum Gasteiger partial charge on any atom is 0.410 e. The van der Waals surface area contributed by atoms with Crippen LogP contribution in [0.5, 0.6) is 5.75 Å². The third-order valence-corrected chi connectivity index (χ3v) is 3.70. The molecule has 23 heavy (non-hydrogen) atoms. The number of rotatable bonds is 4. The lowest BCUT2D eigenvalue weighted by atomic mass is 10.0. The van der Waals surface area contributed by atoms with Crippen LogP contribution < -0.4 is 0 Å². The van der Waals surface area contributed by atoms with Gasteiger partial charge in [-0.3, -0.25) is 4.90 Å². The van der Waals surface area contributed by atoms with Gasteiger partial charge < -0.3 is 14.6 Å². The lowest BCUT2D eigenvalue weighted by Gasteiger charge is -2.29. The van der Waals surface area contributed by atoms with Crippen LogP contribution in [-0.4, -0.2) is 47.9 Å². The fourth-order valence-corrected chi connectivity index (χ4v) is 2.30. The number of aromatic hydroxyl groups is 1. The van der Waals surface area contributed by atoms with E-state index in [1.165, 1.54) is 25.1 Å². The first-order valence-electron chi connectivity index (χ1n) is 7.06. The highest BCUT2D eigenvalue weighted by atomic mass is 79.9. The van der Waals surface area contributed by atoms with Gasteiger partial charge in [0.25, 0.3) is 0 Å². The van der Waals surface area contributed by atoms with Crippen molar-refractivity contribution in [2.75, 3.05) is 14.2 Å². The molecule has 0 radical (unpaired) electrons. The van der Waals surface area contributed by atoms with E-state index in [1.54, 1.807) is 32.9 Å². The number of carbonyl (C=O) groups is 2. The molecule has 1 aromatic carbocycles. The first-order chi connectivity index (χ1) is 10.5. The third-order valence-electron chi connectivity index (χ3n) is 3.06. The van der Waals surface area contributed by atoms with Crippen LogP contribution in [0.2, 0.25) is 0 Å². The zero-order valence-electron chi connectivity index (χ0n) is 13.9. The molecule has 0 saturated heterocycles. The number of methoxy groups -OCH3 is 1. The van der Waals surface area contributed by atoms with Gasteiger partial charge >= 0.3 is 12.1 Å². The Kier molecular flexibility index (Phi) is 6.44. The largest absolute Gasteiger partial charge is 0.507 e. The van der Waals surface area contributed by atoms with Crippen LogP contribution in [0.1, 0.15) is 26.3 Å². The summed E-state index contributed by atoms with van der Waals surface area (Å²) in [6, 6.07) is 4.06. The molecule has 1 rings (SSSR count). The van der Waals surface area contributed by atoms with E-state index in [1.807, 2.05) is 0 Å². The number of halogens is 1. The molecule has 1 N–H and O–H groups in total. The van der Waals surface area contributed by atoms with Crippen LogP contribution in [0.4, 0.5) is 4.79 Å². The second-order valence-corrected chi connectivity index (χ2v) is 6.97. The van der Waals surface area contributed by atoms with Gasteiger partial charge in [-0.15, -0.1) is 0 Å². The number of amides is 1. The van der Waals surface area contributed by atoms with Crippen molar-refractivity contribution in [3.8, 4) is 5.75 Å². The molecule has 7 heteroatoms. The molecule has 0 fully saturated rings. The summed E-state index contributed by atoms with van der Waals surface area (Å²) in [6.07, 6.45) is -0.368. The molecular formula is C16H22BrNO5. The van der Waals surface area contributed by atoms with Crippen molar-refractivity contribution in [3.63, 3.8) is 0 Å². The Morgan fingerprint density at radius 2 is 1.96 bits per heavy atom. The summed E-state index contributed by atoms with van der Waals surface area (Å²) in [5, 5.41) is 9.54. The van der Waals surface area contributed by atoms with Gasteiger partial charge in [-0.05, 0) is 54.4 Å². The lowest BCUT2D eigenvalue weighted by Crippen LogP contribution is -2.46. The molecule has 1 atom stereocenters. The number of ether oxygens (including phenoxy) is 2. The van der Waals surface area contributed by atoms with E-state index in [0.29, 0.717) is 4.47 Å². The van der Waals surface area contributed by atoms with Gasteiger partial charge in [-0.2, -0.15) is 0 Å². The number of phenols is 1. The summed E-state index contributed by atoms with van der Waals surface area (Å²) in [7, 11) is 2.76. The summed E-state index contributed by atoms with van der Waals surface area (Å²) in [4.78, 5) is 25.4. The van der Waals surface area contributed by atoms with Crippen LogP contribution in [0.15, 0.2) is 22.7 Å². The predicted molar refractivity (Wildman–Crippen MR) is 89.3 cm³/mol. The second-order valence-electron chi connectivity index (χ2n) is 6.12. The molecule has 0 heterocycles. The first-order valence-corrected chi connectivity index (χ1v) is 7.85. The van der Waals surface area contributed by atoms with Gasteiger partial charge in [0.15, 0.2) is 0 Å². The Morgan fingerprint density at radius 1 is 1.35 bits per heavy atom. The zero-order chi connectivity index (χ0) is 17.8. The molecule has 0 unspecified atom stereocenters. The molecule has 6 nitrogen and oxygen atoms in total. The fraction of sp³-hybridized carbons (Fsp3) is 0.500. The number of esters is 1. The summed E-state index contributed by atoms with van der Waals surface area (Å²) < 4.78 is 10.6. The highest BCUT2D eigenvalue weighted by Crippen LogP contribution is 2.25. The molecule has 0 spiro atoms. The van der Waals surface area contributed by atoms with Gasteiger partial charge in [-0.1, -0.05) is 6.07 Å². The number of hydrogen-bond acceptors (Lipinski definition) is 5. The van der Waals surface area contributed by atoms with Gasteiger partial charge in [0.05, 0.1) is 11.6 Å². The van der Waals surface area contributed by atoms with Crippen molar-refractivity contribution in [3.05, 3.63) is 28.2 Å². The molecule has 128 valence electrons. The van der Waals surface area contributed by atoms with E-state index in [2.05, 4.69) is 15.9 Å². The molecule has 0 aliphatic carbocycles. The first kappa shape index (κ1) is 19.3. The van der Waals surface area contributed by atoms with Crippen molar-refractivity contribution in [1.29, 1.82) is 0 Å². The topological polar surface area (TPSA) is 76.1 Å². The van der Waals surface area contributed by atoms with E-state index in [9.17, 15) is 14.7 Å². The number of phenolic OH excluding ortho intramolecular Hbond substituents is 1. The number of nitrogens with zero attached hydrogens (tertiary/aromatic N) is 1. The van der Waals surface area contributed by atoms with Crippen molar-refractivity contribution >= 4 is 28.0 Å². The van der Waals surface area contributed by atoms with Crippen LogP contribution in [-0.2, 0) is 20.7 Å². The number of carbonyl (C=O) groups excluding carboxylic acids is 2. The minimum atomic E-state index is -0.828. The summed E-state index contributed by atoms with van der Waals surface area (Å²) >= 11 is 3.22. The highest BCUT2D eigenvalue weighted by Gasteiger charge is 2.31. The van der Waals surface area contributed by atoms with Gasteiger partial charge in [-0.25, -0.2) is 9.59 Å². The molecule has 0 aromatic heterocycles. The van der Waals surface area contributed by atoms with Crippen LogP contribution >= 0.6 is 15.9 Å². The second kappa shape index (κ2) is 7.68. The summed E-state index contributed by atoms with van der Waals surface area (Å²) in [5.41, 5.74) is 0.105. The number of hydrogen-bond donors (Lipinski definition) is 1. The SMILES string of the molecule is COC(=O)[C@H](Cc1ccc(O)c(Br)c1)N(C)C(=O)OC(C)(C)C. The van der Waals surface area contributed by atoms with E-state index < -0.39 is 23.7 Å². The third kappa shape index (κ3) is 5.74. The fourth-order valence-electron chi connectivity index (χ4n) is 1.88. The van der Waals surface area contributed by atoms with Crippen molar-refractivity contribution in [1.82, 2.24) is 4.90 Å². The Balaban J connectivity index is 2.97. The lowest BCUT2D eigenvalue weighted by molar-refractivity contribution is -0.146. The maximum atomic E-state index is 12.2. The van der Waals surface area contributed by atoms with Crippen molar-refractivity contribution < 1.29 is 24.2 Å². The van der Waals surface area contributed by atoms with Gasteiger partial charge in [0, 0.05) is 13.5 Å². The molecule has 0 bridgehead atoms. The molecule has 0 aliphatic heterocycles. The quantitative estimate of drug-likeness (QED) is 0.803. The molecule has 0 saturated carbocycles. The molecule has 1 aromatic rings. The zero-order valence-corrected chi connectivity index (χ0v) is 15.5. The molecule has 1 amide bonds. The van der Waals surface area contributed by atoms with Gasteiger partial charge in [0.2, 0.25) is 0 Å². The highest BCUT2D eigenvalue weighted by molar-refractivity contribution is 9.10. The van der Waals surface area contributed by atoms with Crippen LogP contribution in [0.3, 0.4) is 0 Å². The van der Waals surface area contributed by atoms with Crippen molar-refractivity contribution in [2.45, 2.75) is 38.8 Å². The molecule has 0 aliphatic rings. The smallest absolute Gasteiger partial charge is 0.410 e. The van der Waals surface area contributed by atoms with E-state index >= 15 is 0 Å². The Morgan fingerprint density at radius 3 is 2.43 bits per heavy atom. The van der Waals surface area contributed by atoms with Crippen LogP contribution in [0.25, 0.3) is 0 Å². The van der Waals surface area contributed by atoms with E-state index in [0.717, 1.165) is 5.56 Å². The average Bonchev–Trinajstić information content (AvgIpc) is 2.45.